The molecule has 2 aromatic rings. The molecule has 18 heavy (non-hydrogen) atoms. The fourth-order valence-electron chi connectivity index (χ4n) is 2.29. The summed E-state index contributed by atoms with van der Waals surface area (Å²) in [4.78, 5) is 0. The van der Waals surface area contributed by atoms with Gasteiger partial charge in [-0.15, -0.1) is 0 Å². The van der Waals surface area contributed by atoms with Gasteiger partial charge in [-0.2, -0.15) is 0 Å². The molecule has 0 amide bonds. The van der Waals surface area contributed by atoms with Crippen molar-refractivity contribution >= 4 is 0 Å². The van der Waals surface area contributed by atoms with Gasteiger partial charge >= 0.3 is 0 Å². The second-order valence-electron chi connectivity index (χ2n) is 5.03. The topological polar surface area (TPSA) is 20.2 Å². The summed E-state index contributed by atoms with van der Waals surface area (Å²) in [5.74, 6) is 0.280. The van der Waals surface area contributed by atoms with Gasteiger partial charge in [-0.05, 0) is 17.0 Å². The average molecular weight is 240 g/mol. The number of benzene rings is 2. The van der Waals surface area contributed by atoms with Gasteiger partial charge in [-0.3, -0.25) is 0 Å². The Morgan fingerprint density at radius 3 is 1.44 bits per heavy atom. The molecule has 0 radical (unpaired) electrons. The maximum absolute atomic E-state index is 10.5. The molecule has 1 heteroatoms. The predicted octanol–water partition coefficient (Wildman–Crippen LogP) is 3.84. The third-order valence-corrected chi connectivity index (χ3v) is 3.34. The molecule has 0 aliphatic carbocycles. The van der Waals surface area contributed by atoms with Gasteiger partial charge in [-0.1, -0.05) is 74.5 Å². The Morgan fingerprint density at radius 2 is 1.11 bits per heavy atom. The monoisotopic (exact) mass is 240 g/mol. The highest BCUT2D eigenvalue weighted by Crippen LogP contribution is 2.31. The van der Waals surface area contributed by atoms with Gasteiger partial charge in [0.15, 0.2) is 0 Å². The summed E-state index contributed by atoms with van der Waals surface area (Å²) in [5.41, 5.74) is 2.34. The van der Waals surface area contributed by atoms with Crippen LogP contribution in [0.25, 0.3) is 0 Å². The van der Waals surface area contributed by atoms with Crippen LogP contribution in [0.5, 0.6) is 0 Å². The Kier molecular flexibility index (Phi) is 4.16. The molecular weight excluding hydrogens is 220 g/mol. The average Bonchev–Trinajstić information content (AvgIpc) is 2.41. The molecule has 1 nitrogen and oxygen atoms in total. The highest BCUT2D eigenvalue weighted by Gasteiger charge is 2.25. The minimum atomic E-state index is -0.366. The van der Waals surface area contributed by atoms with Crippen molar-refractivity contribution in [3.63, 3.8) is 0 Å². The maximum atomic E-state index is 10.5. The zero-order valence-corrected chi connectivity index (χ0v) is 11.0. The Balaban J connectivity index is 2.42. The van der Waals surface area contributed by atoms with Crippen molar-refractivity contribution in [2.75, 3.05) is 0 Å². The third kappa shape index (κ3) is 2.80. The second-order valence-corrected chi connectivity index (χ2v) is 5.03. The summed E-state index contributed by atoms with van der Waals surface area (Å²) in [5, 5.41) is 10.5. The Labute approximate surface area is 109 Å². The lowest BCUT2D eigenvalue weighted by molar-refractivity contribution is 0.108. The second kappa shape index (κ2) is 5.83. The molecule has 2 aromatic carbocycles. The van der Waals surface area contributed by atoms with Crippen LogP contribution < -0.4 is 0 Å². The van der Waals surface area contributed by atoms with Gasteiger partial charge in [0.05, 0.1) is 6.10 Å². The highest BCUT2D eigenvalue weighted by molar-refractivity contribution is 5.33. The lowest BCUT2D eigenvalue weighted by atomic mass is 9.82. The Hall–Kier alpha value is -1.60. The standard InChI is InChI=1S/C17H20O/c1-13(2)17(18)16(14-9-5-3-6-10-14)15-11-7-4-8-12-15/h3-13,16-18H,1-2H3. The van der Waals surface area contributed by atoms with Gasteiger partial charge in [0.25, 0.3) is 0 Å². The van der Waals surface area contributed by atoms with E-state index in [4.69, 9.17) is 0 Å². The molecule has 94 valence electrons. The van der Waals surface area contributed by atoms with Crippen LogP contribution in [0.1, 0.15) is 30.9 Å². The van der Waals surface area contributed by atoms with Crippen LogP contribution in [0.4, 0.5) is 0 Å². The van der Waals surface area contributed by atoms with Gasteiger partial charge in [0.2, 0.25) is 0 Å². The first-order valence-electron chi connectivity index (χ1n) is 6.48. The van der Waals surface area contributed by atoms with Gasteiger partial charge in [0, 0.05) is 5.92 Å². The summed E-state index contributed by atoms with van der Waals surface area (Å²) in [6.45, 7) is 4.12. The zero-order valence-electron chi connectivity index (χ0n) is 11.0. The summed E-state index contributed by atoms with van der Waals surface area (Å²) in [6.07, 6.45) is -0.366. The van der Waals surface area contributed by atoms with Crippen LogP contribution in [0.3, 0.4) is 0 Å². The van der Waals surface area contributed by atoms with E-state index >= 15 is 0 Å². The molecule has 0 heterocycles. The molecule has 0 fully saturated rings. The molecule has 0 saturated carbocycles. The van der Waals surface area contributed by atoms with Crippen molar-refractivity contribution in [1.82, 2.24) is 0 Å². The minimum absolute atomic E-state index is 0.0485. The van der Waals surface area contributed by atoms with E-state index in [2.05, 4.69) is 38.1 Å². The Morgan fingerprint density at radius 1 is 0.722 bits per heavy atom. The van der Waals surface area contributed by atoms with E-state index in [0.29, 0.717) is 0 Å². The van der Waals surface area contributed by atoms with Crippen molar-refractivity contribution in [3.8, 4) is 0 Å². The van der Waals surface area contributed by atoms with E-state index in [0.717, 1.165) is 0 Å². The SMILES string of the molecule is CC(C)C(O)C(c1ccccc1)c1ccccc1. The minimum Gasteiger partial charge on any atom is -0.392 e. The van der Waals surface area contributed by atoms with Crippen LogP contribution in [-0.2, 0) is 0 Å². The maximum Gasteiger partial charge on any atom is 0.0672 e. The van der Waals surface area contributed by atoms with Crippen molar-refractivity contribution in [2.24, 2.45) is 5.92 Å². The van der Waals surface area contributed by atoms with Crippen LogP contribution in [0.15, 0.2) is 60.7 Å². The molecule has 1 unspecified atom stereocenters. The lowest BCUT2D eigenvalue weighted by Gasteiger charge is -2.26. The van der Waals surface area contributed by atoms with E-state index in [1.54, 1.807) is 0 Å². The number of hydrogen-bond donors (Lipinski definition) is 1. The molecule has 0 aliphatic heterocycles. The Bertz CT molecular complexity index is 422. The predicted molar refractivity (Wildman–Crippen MR) is 75.6 cm³/mol. The van der Waals surface area contributed by atoms with Crippen LogP contribution in [0.2, 0.25) is 0 Å². The molecule has 0 aliphatic rings. The quantitative estimate of drug-likeness (QED) is 0.861. The van der Waals surface area contributed by atoms with Crippen molar-refractivity contribution in [1.29, 1.82) is 0 Å². The van der Waals surface area contributed by atoms with E-state index in [9.17, 15) is 5.11 Å². The lowest BCUT2D eigenvalue weighted by Crippen LogP contribution is -2.25. The van der Waals surface area contributed by atoms with E-state index in [1.807, 2.05) is 36.4 Å². The zero-order chi connectivity index (χ0) is 13.0. The van der Waals surface area contributed by atoms with Crippen LogP contribution >= 0.6 is 0 Å². The summed E-state index contributed by atoms with van der Waals surface area (Å²) >= 11 is 0. The third-order valence-electron chi connectivity index (χ3n) is 3.34. The number of hydrogen-bond acceptors (Lipinski definition) is 1. The fourth-order valence-corrected chi connectivity index (χ4v) is 2.29. The molecular formula is C17H20O. The van der Waals surface area contributed by atoms with E-state index in [1.165, 1.54) is 11.1 Å². The molecule has 2 rings (SSSR count). The normalized spacial score (nSPS) is 12.9. The number of aliphatic hydroxyl groups excluding tert-OH is 1. The highest BCUT2D eigenvalue weighted by atomic mass is 16.3. The summed E-state index contributed by atoms with van der Waals surface area (Å²) in [7, 11) is 0. The summed E-state index contributed by atoms with van der Waals surface area (Å²) in [6, 6.07) is 20.5. The van der Waals surface area contributed by atoms with Crippen LogP contribution in [0, 0.1) is 5.92 Å². The largest absolute Gasteiger partial charge is 0.392 e. The molecule has 0 bridgehead atoms. The van der Waals surface area contributed by atoms with Gasteiger partial charge < -0.3 is 5.11 Å². The van der Waals surface area contributed by atoms with Gasteiger partial charge in [0.1, 0.15) is 0 Å². The van der Waals surface area contributed by atoms with Crippen molar-refractivity contribution in [3.05, 3.63) is 71.8 Å². The smallest absolute Gasteiger partial charge is 0.0672 e. The van der Waals surface area contributed by atoms with Crippen molar-refractivity contribution in [2.45, 2.75) is 25.9 Å². The molecule has 0 saturated heterocycles. The van der Waals surface area contributed by atoms with E-state index in [-0.39, 0.29) is 17.9 Å². The molecule has 0 spiro atoms. The van der Waals surface area contributed by atoms with E-state index < -0.39 is 0 Å². The molecule has 0 aromatic heterocycles. The molecule has 1 N–H and O–H groups in total. The fraction of sp³-hybridized carbons (Fsp3) is 0.294. The van der Waals surface area contributed by atoms with Crippen molar-refractivity contribution < 1.29 is 5.11 Å². The first-order valence-corrected chi connectivity index (χ1v) is 6.48. The van der Waals surface area contributed by atoms with Gasteiger partial charge in [-0.25, -0.2) is 0 Å². The molecule has 1 atom stereocenters. The summed E-state index contributed by atoms with van der Waals surface area (Å²) < 4.78 is 0. The van der Waals surface area contributed by atoms with Crippen LogP contribution in [-0.4, -0.2) is 11.2 Å². The number of aliphatic hydroxyl groups is 1. The number of rotatable bonds is 4. The first kappa shape index (κ1) is 12.8. The first-order chi connectivity index (χ1) is 8.70.